The van der Waals surface area contributed by atoms with Gasteiger partial charge in [-0.1, -0.05) is 0 Å². The molecule has 0 saturated heterocycles. The lowest BCUT2D eigenvalue weighted by Gasteiger charge is -2.23. The van der Waals surface area contributed by atoms with Gasteiger partial charge in [0, 0.05) is 5.69 Å². The van der Waals surface area contributed by atoms with Crippen molar-refractivity contribution >= 4 is 21.8 Å². The van der Waals surface area contributed by atoms with E-state index in [9.17, 15) is 35.4 Å². The van der Waals surface area contributed by atoms with E-state index < -0.39 is 50.5 Å². The van der Waals surface area contributed by atoms with Crippen LogP contribution in [0.5, 0.6) is 5.75 Å². The third kappa shape index (κ3) is 5.68. The first-order valence-electron chi connectivity index (χ1n) is 8.07. The molecule has 2 rings (SSSR count). The summed E-state index contributed by atoms with van der Waals surface area (Å²) in [7, 11) is -4.90. The van der Waals surface area contributed by atoms with Gasteiger partial charge in [0.2, 0.25) is 0 Å². The number of amides is 1. The van der Waals surface area contributed by atoms with Crippen LogP contribution in [-0.2, 0) is 21.2 Å². The maximum Gasteiger partial charge on any atom is 0.417 e. The number of hydrogen-bond acceptors (Lipinski definition) is 6. The summed E-state index contributed by atoms with van der Waals surface area (Å²) in [6, 6.07) is 7.92. The summed E-state index contributed by atoms with van der Waals surface area (Å²) in [6.45, 7) is 0.389. The quantitative estimate of drug-likeness (QED) is 0.521. The number of nitriles is 1. The van der Waals surface area contributed by atoms with E-state index in [1.165, 1.54) is 6.07 Å². The lowest BCUT2D eigenvalue weighted by molar-refractivity contribution is -0.138. The Morgan fingerprint density at radius 1 is 1.20 bits per heavy atom. The molecule has 7 nitrogen and oxygen atoms in total. The molecule has 0 bridgehead atoms. The van der Waals surface area contributed by atoms with Crippen LogP contribution in [0.1, 0.15) is 18.1 Å². The molecule has 2 aromatic rings. The molecule has 0 heterocycles. The second-order valence-electron chi connectivity index (χ2n) is 6.30. The third-order valence-electron chi connectivity index (χ3n) is 3.82. The van der Waals surface area contributed by atoms with Gasteiger partial charge in [-0.05, 0) is 49.4 Å². The van der Waals surface area contributed by atoms with Crippen LogP contribution in [0.25, 0.3) is 0 Å². The van der Waals surface area contributed by atoms with Crippen molar-refractivity contribution in [2.75, 3.05) is 11.9 Å². The number of nitrogens with one attached hydrogen (secondary N) is 1. The Bertz CT molecular complexity index is 1090. The average molecular weight is 446 g/mol. The molecule has 0 radical (unpaired) electrons. The number of nitrogens with zero attached hydrogens (tertiary/aromatic N) is 1. The molecular formula is C18H14F4N2O5S. The largest absolute Gasteiger partial charge is 0.490 e. The second-order valence-corrected chi connectivity index (χ2v) is 7.64. The number of hydrogen-bond donors (Lipinski definition) is 2. The summed E-state index contributed by atoms with van der Waals surface area (Å²) in [4.78, 5) is 11.6. The molecule has 0 aliphatic rings. The van der Waals surface area contributed by atoms with E-state index in [0.717, 1.165) is 43.3 Å². The number of halogens is 4. The van der Waals surface area contributed by atoms with Gasteiger partial charge in [-0.3, -0.25) is 4.79 Å². The van der Waals surface area contributed by atoms with E-state index >= 15 is 0 Å². The van der Waals surface area contributed by atoms with Crippen LogP contribution < -0.4 is 10.1 Å². The lowest BCUT2D eigenvalue weighted by Crippen LogP contribution is -2.45. The third-order valence-corrected chi connectivity index (χ3v) is 4.65. The maximum absolute atomic E-state index is 13.0. The standard InChI is InChI=1S/C18H14F4N2O5S/c1-17(26,10-29-13-4-6-14(7-5-13)30(22,27)28)16(25)24-12-3-2-11(9-23)15(8-12)18(19,20)21/h2-8,26H,10H2,1H3,(H,24,25)/t17-/m0/s1. The first kappa shape index (κ1) is 23.1. The normalized spacial score (nSPS) is 13.8. The molecule has 0 unspecified atom stereocenters. The molecule has 0 spiro atoms. The van der Waals surface area contributed by atoms with Crippen molar-refractivity contribution < 1.29 is 40.1 Å². The molecular weight excluding hydrogens is 432 g/mol. The van der Waals surface area contributed by atoms with Gasteiger partial charge in [-0.15, -0.1) is 3.89 Å². The molecule has 12 heteroatoms. The minimum absolute atomic E-state index is 0.00760. The minimum atomic E-state index is -4.90. The van der Waals surface area contributed by atoms with Crippen LogP contribution >= 0.6 is 0 Å². The summed E-state index contributed by atoms with van der Waals surface area (Å²) >= 11 is 0. The molecule has 0 aromatic heterocycles. The SMILES string of the molecule is C[C@](O)(COc1ccc(S(=O)(=O)F)cc1)C(=O)Nc1ccc(C#N)c(C(F)(F)F)c1. The Morgan fingerprint density at radius 2 is 1.80 bits per heavy atom. The topological polar surface area (TPSA) is 116 Å². The Kier molecular flexibility index (Phi) is 6.39. The van der Waals surface area contributed by atoms with Gasteiger partial charge in [0.1, 0.15) is 12.4 Å². The zero-order valence-corrected chi connectivity index (χ0v) is 16.0. The van der Waals surface area contributed by atoms with Crippen LogP contribution in [0, 0.1) is 11.3 Å². The highest BCUT2D eigenvalue weighted by molar-refractivity contribution is 7.86. The van der Waals surface area contributed by atoms with Crippen molar-refractivity contribution in [2.24, 2.45) is 0 Å². The van der Waals surface area contributed by atoms with E-state index in [1.807, 2.05) is 0 Å². The maximum atomic E-state index is 13.0. The van der Waals surface area contributed by atoms with E-state index in [-0.39, 0.29) is 11.4 Å². The Labute approximate surface area is 168 Å². The van der Waals surface area contributed by atoms with E-state index in [4.69, 9.17) is 10.00 Å². The van der Waals surface area contributed by atoms with E-state index in [1.54, 1.807) is 0 Å². The van der Waals surface area contributed by atoms with Crippen molar-refractivity contribution in [3.05, 3.63) is 53.6 Å². The second kappa shape index (κ2) is 8.29. The molecule has 1 atom stereocenters. The van der Waals surface area contributed by atoms with Crippen molar-refractivity contribution in [2.45, 2.75) is 23.6 Å². The fourth-order valence-corrected chi connectivity index (χ4v) is 2.67. The first-order chi connectivity index (χ1) is 13.7. The van der Waals surface area contributed by atoms with E-state index in [0.29, 0.717) is 6.07 Å². The molecule has 0 aliphatic carbocycles. The monoisotopic (exact) mass is 446 g/mol. The van der Waals surface area contributed by atoms with Crippen molar-refractivity contribution in [1.82, 2.24) is 0 Å². The van der Waals surface area contributed by atoms with Gasteiger partial charge < -0.3 is 15.2 Å². The predicted octanol–water partition coefficient (Wildman–Crippen LogP) is 3.00. The average Bonchev–Trinajstić information content (AvgIpc) is 2.65. The van der Waals surface area contributed by atoms with Gasteiger partial charge >= 0.3 is 16.4 Å². The summed E-state index contributed by atoms with van der Waals surface area (Å²) in [5, 5.41) is 21.1. The first-order valence-corrected chi connectivity index (χ1v) is 9.45. The molecule has 160 valence electrons. The van der Waals surface area contributed by atoms with Gasteiger partial charge in [0.05, 0.1) is 22.1 Å². The number of rotatable bonds is 6. The number of anilines is 1. The van der Waals surface area contributed by atoms with Crippen molar-refractivity contribution in [3.63, 3.8) is 0 Å². The Balaban J connectivity index is 2.10. The lowest BCUT2D eigenvalue weighted by atomic mass is 10.1. The summed E-state index contributed by atoms with van der Waals surface area (Å²) in [5.41, 5.74) is -4.38. The number of alkyl halides is 3. The molecule has 0 aliphatic heterocycles. The summed E-state index contributed by atoms with van der Waals surface area (Å²) in [6.07, 6.45) is -4.82. The highest BCUT2D eigenvalue weighted by atomic mass is 32.3. The Hall–Kier alpha value is -3.17. The number of ether oxygens (including phenoxy) is 1. The van der Waals surface area contributed by atoms with Crippen LogP contribution in [0.4, 0.5) is 22.7 Å². The molecule has 0 saturated carbocycles. The van der Waals surface area contributed by atoms with Crippen molar-refractivity contribution in [1.29, 1.82) is 5.26 Å². The van der Waals surface area contributed by atoms with Crippen molar-refractivity contribution in [3.8, 4) is 11.8 Å². The summed E-state index contributed by atoms with van der Waals surface area (Å²) in [5.74, 6) is -1.09. The van der Waals surface area contributed by atoms with Gasteiger partial charge in [0.25, 0.3) is 5.91 Å². The highest BCUT2D eigenvalue weighted by Gasteiger charge is 2.35. The molecule has 2 N–H and O–H groups in total. The van der Waals surface area contributed by atoms with Crippen LogP contribution in [0.15, 0.2) is 47.4 Å². The van der Waals surface area contributed by atoms with E-state index in [2.05, 4.69) is 5.32 Å². The number of aliphatic hydroxyl groups is 1. The molecule has 2 aromatic carbocycles. The smallest absolute Gasteiger partial charge is 0.417 e. The molecule has 1 amide bonds. The van der Waals surface area contributed by atoms with Gasteiger partial charge in [-0.25, -0.2) is 0 Å². The number of carbonyl (C=O) groups excluding carboxylic acids is 1. The van der Waals surface area contributed by atoms with Crippen LogP contribution in [0.2, 0.25) is 0 Å². The number of carbonyl (C=O) groups is 1. The minimum Gasteiger partial charge on any atom is -0.490 e. The fourth-order valence-electron chi connectivity index (χ4n) is 2.21. The number of benzene rings is 2. The molecule has 0 fully saturated rings. The zero-order valence-electron chi connectivity index (χ0n) is 15.2. The summed E-state index contributed by atoms with van der Waals surface area (Å²) < 4.78 is 78.5. The van der Waals surface area contributed by atoms with Gasteiger partial charge in [0.15, 0.2) is 5.60 Å². The zero-order chi connectivity index (χ0) is 22.7. The Morgan fingerprint density at radius 3 is 2.30 bits per heavy atom. The van der Waals surface area contributed by atoms with Gasteiger partial charge in [-0.2, -0.15) is 26.9 Å². The highest BCUT2D eigenvalue weighted by Crippen LogP contribution is 2.33. The predicted molar refractivity (Wildman–Crippen MR) is 95.6 cm³/mol. The van der Waals surface area contributed by atoms with Crippen LogP contribution in [0.3, 0.4) is 0 Å². The molecule has 30 heavy (non-hydrogen) atoms. The van der Waals surface area contributed by atoms with Crippen LogP contribution in [-0.4, -0.2) is 31.6 Å². The fraction of sp³-hybridized carbons (Fsp3) is 0.222.